The Morgan fingerprint density at radius 1 is 1.17 bits per heavy atom. The van der Waals surface area contributed by atoms with Crippen molar-refractivity contribution in [2.45, 2.75) is 43.8 Å². The highest BCUT2D eigenvalue weighted by atomic mass is 16.2. The van der Waals surface area contributed by atoms with Crippen LogP contribution < -0.4 is 0 Å². The zero-order chi connectivity index (χ0) is 16.1. The Kier molecular flexibility index (Phi) is 2.98. The van der Waals surface area contributed by atoms with Crippen LogP contribution in [0.15, 0.2) is 43.0 Å². The Balaban J connectivity index is 1.42. The van der Waals surface area contributed by atoms with Crippen LogP contribution >= 0.6 is 0 Å². The quantitative estimate of drug-likeness (QED) is 0.789. The van der Waals surface area contributed by atoms with Crippen molar-refractivity contribution in [1.29, 1.82) is 0 Å². The van der Waals surface area contributed by atoms with E-state index in [0.29, 0.717) is 18.1 Å². The summed E-state index contributed by atoms with van der Waals surface area (Å²) in [5, 5.41) is 4.40. The molecule has 24 heavy (non-hydrogen) atoms. The smallest absolute Gasteiger partial charge is 0.254 e. The molecule has 2 bridgehead atoms. The molecule has 0 radical (unpaired) electrons. The normalized spacial score (nSPS) is 26.2. The molecule has 122 valence electrons. The maximum Gasteiger partial charge on any atom is 0.254 e. The number of carbonyl (C=O) groups excluding carboxylic acids is 1. The van der Waals surface area contributed by atoms with Gasteiger partial charge in [0, 0.05) is 30.0 Å². The monoisotopic (exact) mass is 321 g/mol. The molecule has 0 spiro atoms. The lowest BCUT2D eigenvalue weighted by atomic mass is 9.96. The second kappa shape index (κ2) is 5.19. The maximum atomic E-state index is 13.1. The molecule has 2 atom stereocenters. The topological polar surface area (TPSA) is 66.8 Å². The number of amides is 1. The number of fused-ring (bicyclic) bond motifs is 3. The minimum Gasteiger partial charge on any atom is -0.345 e. The van der Waals surface area contributed by atoms with Crippen molar-refractivity contribution in [3.05, 3.63) is 48.5 Å². The fourth-order valence-electron chi connectivity index (χ4n) is 4.41. The molecule has 2 aliphatic heterocycles. The van der Waals surface area contributed by atoms with Crippen molar-refractivity contribution >= 4 is 16.9 Å². The average molecular weight is 321 g/mol. The number of rotatable bonds is 2. The van der Waals surface area contributed by atoms with Crippen molar-refractivity contribution in [2.75, 3.05) is 0 Å². The van der Waals surface area contributed by atoms with Gasteiger partial charge in [-0.2, -0.15) is 5.10 Å². The molecule has 2 saturated heterocycles. The molecule has 6 nitrogen and oxygen atoms in total. The van der Waals surface area contributed by atoms with Gasteiger partial charge in [0.05, 0.1) is 23.4 Å². The van der Waals surface area contributed by atoms with Gasteiger partial charge < -0.3 is 9.88 Å². The van der Waals surface area contributed by atoms with Gasteiger partial charge in [-0.3, -0.25) is 9.48 Å². The van der Waals surface area contributed by atoms with Crippen LogP contribution in [-0.2, 0) is 0 Å². The SMILES string of the molecule is O=C(c1ccc2nc[nH]c2c1)N1C2CCC1CC(n1cccn1)C2. The molecule has 5 rings (SSSR count). The first kappa shape index (κ1) is 13.8. The van der Waals surface area contributed by atoms with Crippen LogP contribution in [0, 0.1) is 0 Å². The van der Waals surface area contributed by atoms with Crippen LogP contribution in [0.1, 0.15) is 42.1 Å². The largest absolute Gasteiger partial charge is 0.345 e. The molecule has 2 aromatic heterocycles. The Labute approximate surface area is 139 Å². The number of nitrogens with one attached hydrogen (secondary N) is 1. The molecule has 2 unspecified atom stereocenters. The highest BCUT2D eigenvalue weighted by molar-refractivity contribution is 5.97. The number of carbonyl (C=O) groups is 1. The highest BCUT2D eigenvalue weighted by Crippen LogP contribution is 2.41. The molecule has 0 aliphatic carbocycles. The maximum absolute atomic E-state index is 13.1. The summed E-state index contributed by atoms with van der Waals surface area (Å²) < 4.78 is 2.06. The van der Waals surface area contributed by atoms with E-state index in [9.17, 15) is 4.79 Å². The van der Waals surface area contributed by atoms with Crippen molar-refractivity contribution in [2.24, 2.45) is 0 Å². The van der Waals surface area contributed by atoms with Crippen LogP contribution in [0.2, 0.25) is 0 Å². The van der Waals surface area contributed by atoms with E-state index < -0.39 is 0 Å². The van der Waals surface area contributed by atoms with Crippen molar-refractivity contribution < 1.29 is 4.79 Å². The molecule has 6 heteroatoms. The second-order valence-electron chi connectivity index (χ2n) is 6.84. The molecular formula is C18H19N5O. The van der Waals surface area contributed by atoms with Gasteiger partial charge in [-0.05, 0) is 49.9 Å². The van der Waals surface area contributed by atoms with Gasteiger partial charge in [0.1, 0.15) is 0 Å². The van der Waals surface area contributed by atoms with Crippen LogP contribution in [0.4, 0.5) is 0 Å². The van der Waals surface area contributed by atoms with Gasteiger partial charge in [0.15, 0.2) is 0 Å². The van der Waals surface area contributed by atoms with Crippen LogP contribution in [0.3, 0.4) is 0 Å². The molecule has 0 saturated carbocycles. The molecular weight excluding hydrogens is 302 g/mol. The summed E-state index contributed by atoms with van der Waals surface area (Å²) in [6, 6.07) is 8.76. The molecule has 1 amide bonds. The molecule has 1 N–H and O–H groups in total. The number of H-pyrrole nitrogens is 1. The Hall–Kier alpha value is -2.63. The minimum absolute atomic E-state index is 0.151. The van der Waals surface area contributed by atoms with Gasteiger partial charge in [-0.25, -0.2) is 4.98 Å². The first-order valence-corrected chi connectivity index (χ1v) is 8.54. The first-order valence-electron chi connectivity index (χ1n) is 8.54. The number of hydrogen-bond acceptors (Lipinski definition) is 3. The van der Waals surface area contributed by atoms with E-state index in [2.05, 4.69) is 24.6 Å². The standard InChI is InChI=1S/C18H19N5O/c24-18(12-2-5-16-17(8-12)20-11-19-16)23-13-3-4-14(23)10-15(9-13)22-7-1-6-21-22/h1-2,5-8,11,13-15H,3-4,9-10H2,(H,19,20). The number of nitrogens with zero attached hydrogens (tertiary/aromatic N) is 4. The van der Waals surface area contributed by atoms with E-state index in [4.69, 9.17) is 0 Å². The predicted molar refractivity (Wildman–Crippen MR) is 89.6 cm³/mol. The summed E-state index contributed by atoms with van der Waals surface area (Å²) in [7, 11) is 0. The lowest BCUT2D eigenvalue weighted by molar-refractivity contribution is 0.0524. The summed E-state index contributed by atoms with van der Waals surface area (Å²) in [6.07, 6.45) is 9.72. The first-order chi connectivity index (χ1) is 11.8. The zero-order valence-corrected chi connectivity index (χ0v) is 13.3. The lowest BCUT2D eigenvalue weighted by Gasteiger charge is -2.39. The zero-order valence-electron chi connectivity index (χ0n) is 13.3. The predicted octanol–water partition coefficient (Wildman–Crippen LogP) is 2.77. The lowest BCUT2D eigenvalue weighted by Crippen LogP contribution is -2.47. The number of hydrogen-bond donors (Lipinski definition) is 1. The number of benzene rings is 1. The van der Waals surface area contributed by atoms with E-state index >= 15 is 0 Å². The van der Waals surface area contributed by atoms with Gasteiger partial charge in [-0.1, -0.05) is 0 Å². The fraction of sp³-hybridized carbons (Fsp3) is 0.389. The molecule has 3 aromatic rings. The van der Waals surface area contributed by atoms with Crippen LogP contribution in [-0.4, -0.2) is 42.6 Å². The second-order valence-corrected chi connectivity index (χ2v) is 6.84. The Morgan fingerprint density at radius 3 is 2.75 bits per heavy atom. The van der Waals surface area contributed by atoms with Crippen LogP contribution in [0.25, 0.3) is 11.0 Å². The van der Waals surface area contributed by atoms with Crippen LogP contribution in [0.5, 0.6) is 0 Å². The number of aromatic amines is 1. The van der Waals surface area contributed by atoms with Crippen molar-refractivity contribution in [1.82, 2.24) is 24.6 Å². The third-order valence-electron chi connectivity index (χ3n) is 5.51. The third-order valence-corrected chi connectivity index (χ3v) is 5.51. The number of aromatic nitrogens is 4. The summed E-state index contributed by atoms with van der Waals surface area (Å²) in [4.78, 5) is 22.5. The third kappa shape index (κ3) is 2.06. The molecule has 1 aromatic carbocycles. The van der Waals surface area contributed by atoms with Gasteiger partial charge >= 0.3 is 0 Å². The summed E-state index contributed by atoms with van der Waals surface area (Å²) in [5.74, 6) is 0.151. The average Bonchev–Trinajstić information content (AvgIpc) is 3.33. The Bertz CT molecular complexity index is 870. The summed E-state index contributed by atoms with van der Waals surface area (Å²) in [6.45, 7) is 0. The summed E-state index contributed by atoms with van der Waals surface area (Å²) >= 11 is 0. The number of piperidine rings is 1. The van der Waals surface area contributed by atoms with Gasteiger partial charge in [0.2, 0.25) is 0 Å². The molecule has 4 heterocycles. The van der Waals surface area contributed by atoms with E-state index in [0.717, 1.165) is 42.3 Å². The number of imidazole rings is 1. The molecule has 2 fully saturated rings. The highest BCUT2D eigenvalue weighted by Gasteiger charge is 2.44. The van der Waals surface area contributed by atoms with Gasteiger partial charge in [0.25, 0.3) is 5.91 Å². The summed E-state index contributed by atoms with van der Waals surface area (Å²) in [5.41, 5.74) is 2.56. The minimum atomic E-state index is 0.151. The van der Waals surface area contributed by atoms with E-state index in [1.165, 1.54) is 0 Å². The Morgan fingerprint density at radius 2 is 2.00 bits per heavy atom. The fourth-order valence-corrected chi connectivity index (χ4v) is 4.41. The molecule has 2 aliphatic rings. The van der Waals surface area contributed by atoms with Crippen molar-refractivity contribution in [3.8, 4) is 0 Å². The van der Waals surface area contributed by atoms with E-state index in [1.54, 1.807) is 6.33 Å². The van der Waals surface area contributed by atoms with Crippen molar-refractivity contribution in [3.63, 3.8) is 0 Å². The van der Waals surface area contributed by atoms with E-state index in [1.807, 2.05) is 36.7 Å². The van der Waals surface area contributed by atoms with E-state index in [-0.39, 0.29) is 5.91 Å². The van der Waals surface area contributed by atoms with Gasteiger partial charge in [-0.15, -0.1) is 0 Å².